The average Bonchev–Trinajstić information content (AvgIpc) is 3.12. The second kappa shape index (κ2) is 18.6. The summed E-state index contributed by atoms with van der Waals surface area (Å²) in [6.07, 6.45) is 12.3. The molecule has 1 aliphatic rings. The van der Waals surface area contributed by atoms with Crippen molar-refractivity contribution in [3.8, 4) is 0 Å². The maximum atomic E-state index is 10.6. The summed E-state index contributed by atoms with van der Waals surface area (Å²) in [4.78, 5) is 14.4. The van der Waals surface area contributed by atoms with Gasteiger partial charge in [0.2, 0.25) is 0 Å². The van der Waals surface area contributed by atoms with Gasteiger partial charge in [-0.15, -0.1) is 0 Å². The van der Waals surface area contributed by atoms with Crippen LogP contribution in [0.2, 0.25) is 0 Å². The first-order chi connectivity index (χ1) is 11.5. The molecule has 1 unspecified atom stereocenters. The fourth-order valence-corrected chi connectivity index (χ4v) is 2.59. The predicted octanol–water partition coefficient (Wildman–Crippen LogP) is 2.07. The van der Waals surface area contributed by atoms with E-state index in [-0.39, 0.29) is 36.0 Å². The van der Waals surface area contributed by atoms with Gasteiger partial charge in [-0.3, -0.25) is 9.79 Å². The van der Waals surface area contributed by atoms with Crippen molar-refractivity contribution in [3.05, 3.63) is 0 Å². The number of rotatable bonds is 13. The summed E-state index contributed by atoms with van der Waals surface area (Å²) in [5, 5.41) is 30.5. The van der Waals surface area contributed by atoms with Gasteiger partial charge in [0.25, 0.3) is 0 Å². The van der Waals surface area contributed by atoms with E-state index in [1.54, 1.807) is 6.34 Å². The number of nitrogens with zero attached hydrogens (tertiary/aromatic N) is 1. The summed E-state index contributed by atoms with van der Waals surface area (Å²) >= 11 is 0. The molecule has 0 amide bonds. The van der Waals surface area contributed by atoms with Crippen LogP contribution in [0.15, 0.2) is 4.99 Å². The van der Waals surface area contributed by atoms with Crippen LogP contribution in [0.3, 0.4) is 0 Å². The van der Waals surface area contributed by atoms with Gasteiger partial charge in [0.05, 0.1) is 31.5 Å². The van der Waals surface area contributed by atoms with E-state index in [0.717, 1.165) is 32.4 Å². The van der Waals surface area contributed by atoms with Gasteiger partial charge in [-0.05, 0) is 6.42 Å². The summed E-state index contributed by atoms with van der Waals surface area (Å²) in [7, 11) is 0. The van der Waals surface area contributed by atoms with Crippen molar-refractivity contribution in [1.29, 1.82) is 0 Å². The van der Waals surface area contributed by atoms with Crippen molar-refractivity contribution >= 4 is 41.9 Å². The van der Waals surface area contributed by atoms with Crippen molar-refractivity contribution in [3.63, 3.8) is 0 Å². The zero-order valence-electron chi connectivity index (χ0n) is 15.2. The van der Waals surface area contributed by atoms with Crippen LogP contribution in [0, 0.1) is 0 Å². The third-order valence-electron chi connectivity index (χ3n) is 4.09. The van der Waals surface area contributed by atoms with Gasteiger partial charge in [0.1, 0.15) is 0 Å². The van der Waals surface area contributed by atoms with Crippen LogP contribution in [0.1, 0.15) is 77.6 Å². The van der Waals surface area contributed by atoms with Gasteiger partial charge in [0.15, 0.2) is 0 Å². The summed E-state index contributed by atoms with van der Waals surface area (Å²) in [6, 6.07) is 0. The number of unbranched alkanes of at least 4 members (excludes halogenated alkanes) is 8. The van der Waals surface area contributed by atoms with Crippen LogP contribution in [-0.2, 0) is 4.79 Å². The molecule has 25 heavy (non-hydrogen) atoms. The van der Waals surface area contributed by atoms with E-state index < -0.39 is 18.2 Å². The number of aliphatic carboxylic acids is 1. The molecule has 0 aromatic carbocycles. The summed E-state index contributed by atoms with van der Waals surface area (Å²) < 4.78 is 0. The van der Waals surface area contributed by atoms with Crippen molar-refractivity contribution < 1.29 is 20.1 Å². The molecule has 6 nitrogen and oxygen atoms in total. The Balaban J connectivity index is 0. The maximum absolute atomic E-state index is 10.6. The van der Waals surface area contributed by atoms with E-state index in [1.807, 2.05) is 0 Å². The van der Waals surface area contributed by atoms with Gasteiger partial charge in [-0.2, -0.15) is 0 Å². The first-order valence-corrected chi connectivity index (χ1v) is 9.31. The van der Waals surface area contributed by atoms with Crippen molar-refractivity contribution in [2.24, 2.45) is 4.99 Å². The molecule has 0 bridgehead atoms. The number of carboxylic acid groups (broad SMARTS) is 1. The number of hydrogen-bond donors (Lipinski definition) is 4. The Labute approximate surface area is 174 Å². The van der Waals surface area contributed by atoms with Gasteiger partial charge in [-0.25, -0.2) is 0 Å². The zero-order chi connectivity index (χ0) is 18.1. The molecule has 0 aromatic rings. The number of carboxylic acids is 1. The number of aliphatic hydroxyl groups is 2. The van der Waals surface area contributed by atoms with Crippen LogP contribution >= 0.6 is 0 Å². The molecule has 1 aliphatic heterocycles. The molecule has 0 aromatic heterocycles. The Morgan fingerprint density at radius 3 is 2.04 bits per heavy atom. The number of hydrogen-bond acceptors (Lipinski definition) is 5. The molecule has 144 valence electrons. The van der Waals surface area contributed by atoms with Crippen LogP contribution in [0.25, 0.3) is 0 Å². The Hall–Kier alpha value is -0.140. The second-order valence-corrected chi connectivity index (χ2v) is 6.52. The van der Waals surface area contributed by atoms with E-state index >= 15 is 0 Å². The van der Waals surface area contributed by atoms with Crippen molar-refractivity contribution in [2.75, 3.05) is 19.7 Å². The van der Waals surface area contributed by atoms with E-state index in [2.05, 4.69) is 17.2 Å². The molecule has 0 fully saturated rings. The number of aliphatic hydroxyl groups excluding tert-OH is 1. The molecule has 0 spiro atoms. The zero-order valence-corrected chi connectivity index (χ0v) is 15.2. The Morgan fingerprint density at radius 2 is 1.68 bits per heavy atom. The summed E-state index contributed by atoms with van der Waals surface area (Å²) in [5.41, 5.74) is -1.44. The number of aliphatic imine (C=N–C) groups is 1. The van der Waals surface area contributed by atoms with E-state index in [0.29, 0.717) is 6.42 Å². The second-order valence-electron chi connectivity index (χ2n) is 6.52. The Morgan fingerprint density at radius 1 is 1.12 bits per heavy atom. The fourth-order valence-electron chi connectivity index (χ4n) is 2.59. The minimum absolute atomic E-state index is 0. The fraction of sp³-hybridized carbons (Fsp3) is 0.889. The van der Waals surface area contributed by atoms with Crippen LogP contribution in [-0.4, -0.2) is 82.5 Å². The van der Waals surface area contributed by atoms with Gasteiger partial charge < -0.3 is 20.6 Å². The van der Waals surface area contributed by atoms with E-state index in [9.17, 15) is 9.90 Å². The Bertz CT molecular complexity index is 337. The Kier molecular flexibility index (Phi) is 20.2. The number of carbonyl (C=O) groups is 1. The van der Waals surface area contributed by atoms with Gasteiger partial charge in [-0.1, -0.05) is 64.7 Å². The minimum atomic E-state index is -1.44. The third kappa shape index (κ3) is 18.4. The number of nitrogens with one attached hydrogen (secondary N) is 1. The van der Waals surface area contributed by atoms with E-state index in [4.69, 9.17) is 10.2 Å². The molecular formula is C18H37N2NaO4. The summed E-state index contributed by atoms with van der Waals surface area (Å²) in [6.45, 7) is 3.72. The molecule has 0 radical (unpaired) electrons. The van der Waals surface area contributed by atoms with Crippen LogP contribution < -0.4 is 5.32 Å². The third-order valence-corrected chi connectivity index (χ3v) is 4.09. The molecule has 1 rings (SSSR count). The normalized spacial score (nSPS) is 14.7. The van der Waals surface area contributed by atoms with Crippen molar-refractivity contribution in [2.45, 2.75) is 83.2 Å². The van der Waals surface area contributed by atoms with Crippen LogP contribution in [0.4, 0.5) is 0 Å². The molecule has 0 saturated heterocycles. The van der Waals surface area contributed by atoms with E-state index in [1.165, 1.54) is 38.5 Å². The van der Waals surface area contributed by atoms with Gasteiger partial charge in [0, 0.05) is 6.54 Å². The van der Waals surface area contributed by atoms with Crippen LogP contribution in [0.5, 0.6) is 0 Å². The predicted molar refractivity (Wildman–Crippen MR) is 105 cm³/mol. The molecule has 4 N–H and O–H groups in total. The monoisotopic (exact) mass is 368 g/mol. The molecule has 1 atom stereocenters. The first-order valence-electron chi connectivity index (χ1n) is 9.31. The molecule has 1 heterocycles. The SMILES string of the molecule is C1=NCCN1.CCCCCCCCCCCC(O)(CO)CC(=O)O.[NaH]. The first kappa shape index (κ1) is 27.1. The molecule has 0 saturated carbocycles. The summed E-state index contributed by atoms with van der Waals surface area (Å²) in [5.74, 6) is -1.06. The quantitative estimate of drug-likeness (QED) is 0.294. The topological polar surface area (TPSA) is 102 Å². The standard InChI is InChI=1S/C15H30O4.C3H6N2.Na.H/c1-2-3-4-5-6-7-8-9-10-11-15(19,13-16)12-14(17)18;1-2-5-3-4-1;;/h16,19H,2-13H2,1H3,(H,17,18);3H,1-2H2,(H,4,5);;. The van der Waals surface area contributed by atoms with Gasteiger partial charge >= 0.3 is 35.5 Å². The average molecular weight is 368 g/mol. The molecule has 7 heteroatoms. The molecule has 0 aliphatic carbocycles. The van der Waals surface area contributed by atoms with Crippen molar-refractivity contribution in [1.82, 2.24) is 5.32 Å². The molecular weight excluding hydrogens is 331 g/mol.